The number of aryl methyl sites for hydroxylation is 1. The number of fused-ring (bicyclic) bond motifs is 1. The minimum atomic E-state index is -0.261. The number of aromatic nitrogens is 1. The van der Waals surface area contributed by atoms with Crippen molar-refractivity contribution in [2.24, 2.45) is 0 Å². The molecule has 3 aromatic carbocycles. The maximum Gasteiger partial charge on any atom is 0.248 e. The van der Waals surface area contributed by atoms with Crippen LogP contribution in [0.1, 0.15) is 11.3 Å². The predicted molar refractivity (Wildman–Crippen MR) is 142 cm³/mol. The fraction of sp³-hybridized carbons (Fsp3) is 0.0370. The Balaban J connectivity index is 1.32. The van der Waals surface area contributed by atoms with Crippen molar-refractivity contribution in [1.29, 1.82) is 0 Å². The number of nitrogens with one attached hydrogen (secondary N) is 1. The number of hydrogen-bond donors (Lipinski definition) is 1. The number of carbonyl (C=O) groups is 1. The molecule has 7 heteroatoms. The molecular formula is C27H18Cl2N2O2S. The van der Waals surface area contributed by atoms with Gasteiger partial charge in [0.2, 0.25) is 5.91 Å². The summed E-state index contributed by atoms with van der Waals surface area (Å²) in [6, 6.07) is 22.9. The summed E-state index contributed by atoms with van der Waals surface area (Å²) >= 11 is 14.0. The van der Waals surface area contributed by atoms with E-state index in [1.54, 1.807) is 41.7 Å². The Hall–Kier alpha value is -3.38. The second-order valence-corrected chi connectivity index (χ2v) is 9.46. The molecule has 1 N–H and O–H groups in total. The number of halogens is 2. The van der Waals surface area contributed by atoms with Crippen molar-refractivity contribution in [2.45, 2.75) is 6.92 Å². The Kier molecular flexibility index (Phi) is 6.24. The van der Waals surface area contributed by atoms with Crippen LogP contribution in [0.15, 0.2) is 83.3 Å². The van der Waals surface area contributed by atoms with Crippen LogP contribution >= 0.6 is 34.5 Å². The third kappa shape index (κ3) is 4.64. The summed E-state index contributed by atoms with van der Waals surface area (Å²) in [5.41, 5.74) is 4.31. The summed E-state index contributed by atoms with van der Waals surface area (Å²) in [5, 5.41) is 4.74. The summed E-state index contributed by atoms with van der Waals surface area (Å²) in [7, 11) is 0. The van der Waals surface area contributed by atoms with Crippen molar-refractivity contribution in [2.75, 3.05) is 5.32 Å². The first kappa shape index (κ1) is 22.4. The Labute approximate surface area is 210 Å². The van der Waals surface area contributed by atoms with E-state index in [0.29, 0.717) is 27.1 Å². The van der Waals surface area contributed by atoms with Gasteiger partial charge in [0.25, 0.3) is 0 Å². The molecule has 5 rings (SSSR count). The molecule has 0 unspecified atom stereocenters. The fourth-order valence-electron chi connectivity index (χ4n) is 3.50. The highest BCUT2D eigenvalue weighted by Gasteiger charge is 2.11. The van der Waals surface area contributed by atoms with Crippen LogP contribution in [-0.4, -0.2) is 10.9 Å². The zero-order valence-corrected chi connectivity index (χ0v) is 20.3. The van der Waals surface area contributed by atoms with Gasteiger partial charge >= 0.3 is 0 Å². The number of furan rings is 1. The zero-order chi connectivity index (χ0) is 23.7. The summed E-state index contributed by atoms with van der Waals surface area (Å²) in [4.78, 5) is 17.3. The van der Waals surface area contributed by atoms with Gasteiger partial charge in [-0.2, -0.15) is 0 Å². The highest BCUT2D eigenvalue weighted by atomic mass is 35.5. The smallest absolute Gasteiger partial charge is 0.248 e. The molecule has 0 atom stereocenters. The van der Waals surface area contributed by atoms with Crippen LogP contribution in [0.5, 0.6) is 0 Å². The molecule has 0 fully saturated rings. The molecule has 34 heavy (non-hydrogen) atoms. The van der Waals surface area contributed by atoms with Crippen LogP contribution in [0.25, 0.3) is 38.2 Å². The highest BCUT2D eigenvalue weighted by Crippen LogP contribution is 2.35. The second kappa shape index (κ2) is 9.47. The lowest BCUT2D eigenvalue weighted by Crippen LogP contribution is -2.09. The van der Waals surface area contributed by atoms with Crippen LogP contribution in [-0.2, 0) is 4.79 Å². The lowest BCUT2D eigenvalue weighted by atomic mass is 10.1. The number of nitrogens with zero attached hydrogens (tertiary/aromatic N) is 1. The van der Waals surface area contributed by atoms with Crippen LogP contribution in [0.3, 0.4) is 0 Å². The molecular weight excluding hydrogens is 487 g/mol. The lowest BCUT2D eigenvalue weighted by molar-refractivity contribution is -0.111. The molecule has 0 aliphatic heterocycles. The van der Waals surface area contributed by atoms with E-state index in [0.717, 1.165) is 32.0 Å². The molecule has 5 aromatic rings. The van der Waals surface area contributed by atoms with Crippen molar-refractivity contribution < 1.29 is 9.21 Å². The summed E-state index contributed by atoms with van der Waals surface area (Å²) in [5.74, 6) is 0.844. The Morgan fingerprint density at radius 1 is 1.03 bits per heavy atom. The first-order valence-electron chi connectivity index (χ1n) is 10.5. The number of thiazole rings is 1. The molecule has 0 saturated carbocycles. The van der Waals surface area contributed by atoms with E-state index in [9.17, 15) is 4.79 Å². The average molecular weight is 505 g/mol. The maximum atomic E-state index is 12.6. The minimum absolute atomic E-state index is 0.261. The van der Waals surface area contributed by atoms with Crippen LogP contribution in [0.2, 0.25) is 10.0 Å². The van der Waals surface area contributed by atoms with E-state index in [-0.39, 0.29) is 5.91 Å². The molecule has 2 aromatic heterocycles. The van der Waals surface area contributed by atoms with Gasteiger partial charge in [-0.3, -0.25) is 4.79 Å². The monoisotopic (exact) mass is 504 g/mol. The van der Waals surface area contributed by atoms with Crippen LogP contribution in [0, 0.1) is 6.92 Å². The third-order valence-corrected chi connectivity index (χ3v) is 7.18. The van der Waals surface area contributed by atoms with E-state index in [2.05, 4.69) is 11.4 Å². The van der Waals surface area contributed by atoms with Gasteiger partial charge in [0.15, 0.2) is 0 Å². The van der Waals surface area contributed by atoms with Crippen molar-refractivity contribution in [3.05, 3.63) is 100 Å². The van der Waals surface area contributed by atoms with E-state index < -0.39 is 0 Å². The zero-order valence-electron chi connectivity index (χ0n) is 18.0. The SMILES string of the molecule is Cc1ccc(-c2nc3ccccc3s2)cc1NC(=O)C=Cc1ccc(-c2cccc(Cl)c2Cl)o1. The fourth-order valence-corrected chi connectivity index (χ4v) is 4.85. The van der Waals surface area contributed by atoms with Crippen molar-refractivity contribution in [3.8, 4) is 21.9 Å². The topological polar surface area (TPSA) is 55.1 Å². The summed E-state index contributed by atoms with van der Waals surface area (Å²) in [6.45, 7) is 1.95. The van der Waals surface area contributed by atoms with Gasteiger partial charge in [0, 0.05) is 22.9 Å². The lowest BCUT2D eigenvalue weighted by Gasteiger charge is -2.08. The largest absolute Gasteiger partial charge is 0.457 e. The summed E-state index contributed by atoms with van der Waals surface area (Å²) in [6.07, 6.45) is 3.05. The third-order valence-electron chi connectivity index (χ3n) is 5.28. The Morgan fingerprint density at radius 2 is 1.88 bits per heavy atom. The number of amides is 1. The molecule has 0 aliphatic carbocycles. The van der Waals surface area contributed by atoms with E-state index in [4.69, 9.17) is 32.6 Å². The van der Waals surface area contributed by atoms with Gasteiger partial charge in [-0.15, -0.1) is 11.3 Å². The van der Waals surface area contributed by atoms with Crippen molar-refractivity contribution in [1.82, 2.24) is 4.98 Å². The second-order valence-electron chi connectivity index (χ2n) is 7.64. The standard InChI is InChI=1S/C27H18Cl2N2O2S/c1-16-9-10-17(27-31-21-7-2-3-8-24(21)34-27)15-22(16)30-25(32)14-12-18-11-13-23(33-18)19-5-4-6-20(28)26(19)29/h2-15H,1H3,(H,30,32). The van der Waals surface area contributed by atoms with Gasteiger partial charge in [0.05, 0.1) is 20.3 Å². The predicted octanol–water partition coefficient (Wildman–Crippen LogP) is 8.49. The first-order chi connectivity index (χ1) is 16.5. The Morgan fingerprint density at radius 3 is 2.74 bits per heavy atom. The first-order valence-corrected chi connectivity index (χ1v) is 12.0. The summed E-state index contributed by atoms with van der Waals surface area (Å²) < 4.78 is 6.95. The van der Waals surface area contributed by atoms with Crippen molar-refractivity contribution in [3.63, 3.8) is 0 Å². The van der Waals surface area contributed by atoms with Crippen LogP contribution in [0.4, 0.5) is 5.69 Å². The van der Waals surface area contributed by atoms with Gasteiger partial charge in [-0.1, -0.05) is 53.5 Å². The van der Waals surface area contributed by atoms with E-state index in [1.165, 1.54) is 6.08 Å². The van der Waals surface area contributed by atoms with Gasteiger partial charge in [-0.05, 0) is 61.0 Å². The minimum Gasteiger partial charge on any atom is -0.457 e. The molecule has 0 aliphatic rings. The van der Waals surface area contributed by atoms with Gasteiger partial charge < -0.3 is 9.73 Å². The average Bonchev–Trinajstić information content (AvgIpc) is 3.48. The molecule has 1 amide bonds. The number of rotatable bonds is 5. The van der Waals surface area contributed by atoms with E-state index >= 15 is 0 Å². The molecule has 0 spiro atoms. The number of benzene rings is 3. The molecule has 2 heterocycles. The van der Waals surface area contributed by atoms with Gasteiger partial charge in [0.1, 0.15) is 16.5 Å². The number of carbonyl (C=O) groups excluding carboxylic acids is 1. The molecule has 0 bridgehead atoms. The normalized spacial score (nSPS) is 11.4. The number of hydrogen-bond acceptors (Lipinski definition) is 4. The number of anilines is 1. The quantitative estimate of drug-likeness (QED) is 0.244. The molecule has 4 nitrogen and oxygen atoms in total. The molecule has 0 radical (unpaired) electrons. The number of para-hydroxylation sites is 1. The van der Waals surface area contributed by atoms with Crippen LogP contribution < -0.4 is 5.32 Å². The molecule has 0 saturated heterocycles. The van der Waals surface area contributed by atoms with E-state index in [1.807, 2.05) is 49.4 Å². The highest BCUT2D eigenvalue weighted by molar-refractivity contribution is 7.21. The Bertz CT molecular complexity index is 1520. The van der Waals surface area contributed by atoms with Gasteiger partial charge in [-0.25, -0.2) is 4.98 Å². The van der Waals surface area contributed by atoms with Crippen molar-refractivity contribution >= 4 is 62.4 Å². The molecule has 168 valence electrons. The maximum absolute atomic E-state index is 12.6.